The van der Waals surface area contributed by atoms with Crippen molar-refractivity contribution in [1.29, 1.82) is 0 Å². The predicted octanol–water partition coefficient (Wildman–Crippen LogP) is 2.71. The van der Waals surface area contributed by atoms with Crippen LogP contribution in [0.15, 0.2) is 18.3 Å². The Bertz CT molecular complexity index is 598. The molecule has 2 rings (SSSR count). The Morgan fingerprint density at radius 2 is 2.12 bits per heavy atom. The molecule has 1 aromatic carbocycles. The van der Waals surface area contributed by atoms with Gasteiger partial charge < -0.3 is 10.1 Å². The molecule has 4 nitrogen and oxygen atoms in total. The lowest BCUT2D eigenvalue weighted by Crippen LogP contribution is -1.97. The number of H-pyrrole nitrogens is 1. The van der Waals surface area contributed by atoms with Gasteiger partial charge in [-0.3, -0.25) is 0 Å². The van der Waals surface area contributed by atoms with Gasteiger partial charge in [-0.25, -0.2) is 18.6 Å². The quantitative estimate of drug-likeness (QED) is 0.814. The number of rotatable bonds is 2. The van der Waals surface area contributed by atoms with Crippen LogP contribution in [0.2, 0.25) is 5.02 Å². The highest BCUT2D eigenvalue weighted by molar-refractivity contribution is 6.31. The average molecular weight is 259 g/mol. The molecule has 2 aromatic rings. The maximum absolute atomic E-state index is 13.6. The van der Waals surface area contributed by atoms with Crippen molar-refractivity contribution in [3.8, 4) is 11.4 Å². The molecule has 1 heterocycles. The molecule has 0 saturated heterocycles. The summed E-state index contributed by atoms with van der Waals surface area (Å²) >= 11 is 5.51. The van der Waals surface area contributed by atoms with Gasteiger partial charge in [-0.15, -0.1) is 0 Å². The molecule has 2 N–H and O–H groups in total. The number of imidazole rings is 1. The first-order chi connectivity index (χ1) is 8.00. The summed E-state index contributed by atoms with van der Waals surface area (Å²) in [4.78, 5) is 16.5. The molecule has 0 fully saturated rings. The monoisotopic (exact) mass is 258 g/mol. The number of aromatic carboxylic acids is 1. The summed E-state index contributed by atoms with van der Waals surface area (Å²) in [5.74, 6) is -3.36. The molecule has 0 atom stereocenters. The zero-order valence-corrected chi connectivity index (χ0v) is 8.92. The van der Waals surface area contributed by atoms with Gasteiger partial charge in [0.2, 0.25) is 0 Å². The Hall–Kier alpha value is -1.95. The van der Waals surface area contributed by atoms with E-state index in [2.05, 4.69) is 9.97 Å². The van der Waals surface area contributed by atoms with E-state index in [1.807, 2.05) is 0 Å². The number of aromatic amines is 1. The summed E-state index contributed by atoms with van der Waals surface area (Å²) in [6.07, 6.45) is 0.970. The van der Waals surface area contributed by atoms with Crippen LogP contribution < -0.4 is 0 Å². The number of carbonyl (C=O) groups is 1. The Balaban J connectivity index is 2.60. The van der Waals surface area contributed by atoms with Crippen molar-refractivity contribution in [3.05, 3.63) is 40.7 Å². The van der Waals surface area contributed by atoms with Gasteiger partial charge in [-0.05, 0) is 12.1 Å². The molecule has 0 aliphatic carbocycles. The van der Waals surface area contributed by atoms with Gasteiger partial charge >= 0.3 is 5.97 Å². The van der Waals surface area contributed by atoms with Crippen molar-refractivity contribution >= 4 is 17.6 Å². The van der Waals surface area contributed by atoms with E-state index in [-0.39, 0.29) is 16.5 Å². The Kier molecular flexibility index (Phi) is 2.81. The summed E-state index contributed by atoms with van der Waals surface area (Å²) in [7, 11) is 0. The fourth-order valence-corrected chi connectivity index (χ4v) is 1.46. The van der Waals surface area contributed by atoms with Crippen molar-refractivity contribution < 1.29 is 18.7 Å². The largest absolute Gasteiger partial charge is 0.477 e. The van der Waals surface area contributed by atoms with Gasteiger partial charge in [0.05, 0.1) is 16.8 Å². The van der Waals surface area contributed by atoms with Gasteiger partial charge in [0.25, 0.3) is 0 Å². The average Bonchev–Trinajstić information content (AvgIpc) is 2.73. The summed E-state index contributed by atoms with van der Waals surface area (Å²) in [5.41, 5.74) is -0.747. The van der Waals surface area contributed by atoms with E-state index in [1.54, 1.807) is 0 Å². The van der Waals surface area contributed by atoms with Crippen LogP contribution in [-0.4, -0.2) is 21.0 Å². The van der Waals surface area contributed by atoms with Crippen molar-refractivity contribution in [2.45, 2.75) is 0 Å². The van der Waals surface area contributed by atoms with Gasteiger partial charge in [-0.1, -0.05) is 11.6 Å². The SMILES string of the molecule is O=C(O)c1cnc(-c2c(F)ccc(Cl)c2F)[nH]1. The van der Waals surface area contributed by atoms with Gasteiger partial charge in [0.1, 0.15) is 17.3 Å². The number of carboxylic acid groups (broad SMARTS) is 1. The second-order valence-electron chi connectivity index (χ2n) is 3.17. The molecular weight excluding hydrogens is 254 g/mol. The Labute approximate surface area is 98.9 Å². The molecule has 7 heteroatoms. The van der Waals surface area contributed by atoms with E-state index in [9.17, 15) is 13.6 Å². The topological polar surface area (TPSA) is 66.0 Å². The molecule has 0 amide bonds. The summed E-state index contributed by atoms with van der Waals surface area (Å²) in [6, 6.07) is 2.04. The van der Waals surface area contributed by atoms with E-state index in [1.165, 1.54) is 0 Å². The van der Waals surface area contributed by atoms with Crippen LogP contribution >= 0.6 is 11.6 Å². The molecule has 0 aliphatic rings. The maximum Gasteiger partial charge on any atom is 0.353 e. The number of benzene rings is 1. The van der Waals surface area contributed by atoms with Gasteiger partial charge in [0.15, 0.2) is 5.82 Å². The van der Waals surface area contributed by atoms with E-state index in [4.69, 9.17) is 16.7 Å². The summed E-state index contributed by atoms with van der Waals surface area (Å²) < 4.78 is 27.0. The van der Waals surface area contributed by atoms with Crippen LogP contribution in [0, 0.1) is 11.6 Å². The third-order valence-corrected chi connectivity index (χ3v) is 2.38. The molecule has 1 aromatic heterocycles. The second-order valence-corrected chi connectivity index (χ2v) is 3.58. The zero-order chi connectivity index (χ0) is 12.6. The van der Waals surface area contributed by atoms with Gasteiger partial charge in [0, 0.05) is 0 Å². The lowest BCUT2D eigenvalue weighted by molar-refractivity contribution is 0.0691. The van der Waals surface area contributed by atoms with Crippen LogP contribution in [0.3, 0.4) is 0 Å². The fourth-order valence-electron chi connectivity index (χ4n) is 1.30. The van der Waals surface area contributed by atoms with Crippen molar-refractivity contribution in [3.63, 3.8) is 0 Å². The lowest BCUT2D eigenvalue weighted by atomic mass is 10.2. The van der Waals surface area contributed by atoms with Crippen molar-refractivity contribution in [2.24, 2.45) is 0 Å². The van der Waals surface area contributed by atoms with Crippen molar-refractivity contribution in [2.75, 3.05) is 0 Å². The van der Waals surface area contributed by atoms with Crippen LogP contribution in [0.5, 0.6) is 0 Å². The number of hydrogen-bond donors (Lipinski definition) is 2. The number of carboxylic acids is 1. The molecule has 17 heavy (non-hydrogen) atoms. The van der Waals surface area contributed by atoms with Gasteiger partial charge in [-0.2, -0.15) is 0 Å². The van der Waals surface area contributed by atoms with E-state index >= 15 is 0 Å². The van der Waals surface area contributed by atoms with Crippen molar-refractivity contribution in [1.82, 2.24) is 9.97 Å². The predicted molar refractivity (Wildman–Crippen MR) is 55.9 cm³/mol. The number of halogens is 3. The normalized spacial score (nSPS) is 10.5. The highest BCUT2D eigenvalue weighted by Gasteiger charge is 2.18. The summed E-state index contributed by atoms with van der Waals surface area (Å²) in [6.45, 7) is 0. The number of nitrogens with zero attached hydrogens (tertiary/aromatic N) is 1. The maximum atomic E-state index is 13.6. The molecule has 0 bridgehead atoms. The Morgan fingerprint density at radius 1 is 1.41 bits per heavy atom. The minimum absolute atomic E-state index is 0.222. The van der Waals surface area contributed by atoms with E-state index < -0.39 is 23.2 Å². The first-order valence-electron chi connectivity index (χ1n) is 4.43. The number of nitrogens with one attached hydrogen (secondary N) is 1. The fraction of sp³-hybridized carbons (Fsp3) is 0. The highest BCUT2D eigenvalue weighted by Crippen LogP contribution is 2.28. The zero-order valence-electron chi connectivity index (χ0n) is 8.17. The van der Waals surface area contributed by atoms with Crippen LogP contribution in [0.4, 0.5) is 8.78 Å². The molecule has 0 saturated carbocycles. The smallest absolute Gasteiger partial charge is 0.353 e. The number of aromatic nitrogens is 2. The molecule has 0 unspecified atom stereocenters. The van der Waals surface area contributed by atoms with E-state index in [0.717, 1.165) is 18.3 Å². The first kappa shape index (κ1) is 11.5. The third kappa shape index (κ3) is 1.99. The van der Waals surface area contributed by atoms with Crippen LogP contribution in [0.25, 0.3) is 11.4 Å². The third-order valence-electron chi connectivity index (χ3n) is 2.09. The molecule has 0 aliphatic heterocycles. The minimum Gasteiger partial charge on any atom is -0.477 e. The van der Waals surface area contributed by atoms with Crippen LogP contribution in [-0.2, 0) is 0 Å². The highest BCUT2D eigenvalue weighted by atomic mass is 35.5. The molecule has 88 valence electrons. The van der Waals surface area contributed by atoms with E-state index in [0.29, 0.717) is 0 Å². The first-order valence-corrected chi connectivity index (χ1v) is 4.80. The Morgan fingerprint density at radius 3 is 2.71 bits per heavy atom. The lowest BCUT2D eigenvalue weighted by Gasteiger charge is -2.02. The number of hydrogen-bond acceptors (Lipinski definition) is 2. The molecule has 0 radical (unpaired) electrons. The second kappa shape index (κ2) is 4.14. The molecule has 0 spiro atoms. The molecular formula is C10H5ClF2N2O2. The summed E-state index contributed by atoms with van der Waals surface area (Å²) in [5, 5.41) is 8.38. The standard InChI is InChI=1S/C10H5ClF2N2O2/c11-4-1-2-5(12)7(8(4)13)9-14-3-6(15-9)10(16)17/h1-3H,(H,14,15)(H,16,17). The minimum atomic E-state index is -1.27. The van der Waals surface area contributed by atoms with Crippen LogP contribution in [0.1, 0.15) is 10.5 Å².